The normalized spacial score (nSPS) is 12.1. The number of nitrogens with zero attached hydrogens (tertiary/aromatic N) is 4. The third kappa shape index (κ3) is 4.93. The van der Waals surface area contributed by atoms with E-state index >= 15 is 0 Å². The number of hydrogen-bond donors (Lipinski definition) is 0. The van der Waals surface area contributed by atoms with Gasteiger partial charge in [0.1, 0.15) is 0 Å². The fourth-order valence-corrected chi connectivity index (χ4v) is 10.8. The lowest BCUT2D eigenvalue weighted by atomic mass is 10.00. The largest absolute Gasteiger partial charge is 0.309 e. The number of hydrogen-bond acceptors (Lipinski definition) is 0. The Hall–Kier alpha value is -8.60. The molecule has 14 rings (SSSR count). The minimum atomic E-state index is 1.12. The molecule has 0 spiro atoms. The van der Waals surface area contributed by atoms with Crippen LogP contribution in [0.1, 0.15) is 0 Å². The molecule has 0 saturated heterocycles. The Morgan fingerprint density at radius 1 is 0.188 bits per heavy atom. The molecule has 0 aliphatic heterocycles. The van der Waals surface area contributed by atoms with Crippen LogP contribution in [0.3, 0.4) is 0 Å². The number of aromatic nitrogens is 4. The maximum absolute atomic E-state index is 2.49. The molecule has 0 saturated carbocycles. The van der Waals surface area contributed by atoms with Crippen molar-refractivity contribution in [1.29, 1.82) is 0 Å². The van der Waals surface area contributed by atoms with E-state index < -0.39 is 0 Å². The Balaban J connectivity index is 1.10. The molecule has 4 aromatic heterocycles. The average Bonchev–Trinajstić information content (AvgIpc) is 4.08. The van der Waals surface area contributed by atoms with E-state index in [2.05, 4.69) is 249 Å². The van der Waals surface area contributed by atoms with Crippen molar-refractivity contribution in [3.8, 4) is 33.9 Å². The summed E-state index contributed by atoms with van der Waals surface area (Å²) in [6, 6.07) is 84.6. The van der Waals surface area contributed by atoms with Gasteiger partial charge in [-0.25, -0.2) is 0 Å². The average molecular weight is 815 g/mol. The molecular formula is C60H38N4. The second kappa shape index (κ2) is 13.4. The summed E-state index contributed by atoms with van der Waals surface area (Å²) in [5.41, 5.74) is 16.4. The van der Waals surface area contributed by atoms with Crippen LogP contribution < -0.4 is 0 Å². The maximum Gasteiger partial charge on any atom is 0.0724 e. The molecule has 64 heavy (non-hydrogen) atoms. The first-order valence-electron chi connectivity index (χ1n) is 22.0. The molecule has 4 heterocycles. The third-order valence-electron chi connectivity index (χ3n) is 13.5. The lowest BCUT2D eigenvalue weighted by Crippen LogP contribution is -2.04. The predicted octanol–water partition coefficient (Wildman–Crippen LogP) is 15.7. The smallest absolute Gasteiger partial charge is 0.0724 e. The van der Waals surface area contributed by atoms with E-state index in [1.807, 2.05) is 0 Å². The van der Waals surface area contributed by atoms with Crippen molar-refractivity contribution in [2.24, 2.45) is 0 Å². The van der Waals surface area contributed by atoms with E-state index in [1.54, 1.807) is 0 Å². The van der Waals surface area contributed by atoms with Crippen LogP contribution in [0.2, 0.25) is 0 Å². The molecule has 0 unspecified atom stereocenters. The van der Waals surface area contributed by atoms with Gasteiger partial charge < -0.3 is 18.3 Å². The molecule has 0 aliphatic carbocycles. The third-order valence-corrected chi connectivity index (χ3v) is 13.5. The van der Waals surface area contributed by atoms with Gasteiger partial charge in [0, 0.05) is 54.5 Å². The number of benzene rings is 10. The van der Waals surface area contributed by atoms with Crippen molar-refractivity contribution in [3.05, 3.63) is 231 Å². The van der Waals surface area contributed by atoms with Gasteiger partial charge in [-0.3, -0.25) is 0 Å². The Morgan fingerprint density at radius 2 is 0.484 bits per heavy atom. The fourth-order valence-electron chi connectivity index (χ4n) is 10.8. The molecule has 0 fully saturated rings. The Labute approximate surface area is 368 Å². The quantitative estimate of drug-likeness (QED) is 0.165. The van der Waals surface area contributed by atoms with E-state index in [0.717, 1.165) is 28.3 Å². The standard InChI is InChI=1S/C60H38N4/c1-3-17-41(18-4-1)61-51-26-12-11-25-47(51)48-35-39(31-33-56(48)61)40-32-34-57-49(36-40)50-37-59(63-52-27-13-7-21-43(52)44-22-8-14-28-53(44)63)60(38-58(50)62(57)42-19-5-2-6-20-42)64-54-29-15-9-23-45(54)46-24-10-16-30-55(46)64/h1-38H. The van der Waals surface area contributed by atoms with Crippen LogP contribution in [0.5, 0.6) is 0 Å². The highest BCUT2D eigenvalue weighted by Gasteiger charge is 2.23. The highest BCUT2D eigenvalue weighted by molar-refractivity contribution is 6.16. The molecule has 4 heteroatoms. The summed E-state index contributed by atoms with van der Waals surface area (Å²) in [6.07, 6.45) is 0. The molecule has 4 nitrogen and oxygen atoms in total. The summed E-state index contributed by atoms with van der Waals surface area (Å²) in [6.45, 7) is 0. The zero-order chi connectivity index (χ0) is 41.9. The summed E-state index contributed by atoms with van der Waals surface area (Å²) in [7, 11) is 0. The molecule has 10 aromatic carbocycles. The van der Waals surface area contributed by atoms with Crippen LogP contribution >= 0.6 is 0 Å². The Bertz CT molecular complexity index is 4070. The molecule has 0 radical (unpaired) electrons. The molecule has 0 amide bonds. The number of para-hydroxylation sites is 7. The van der Waals surface area contributed by atoms with Crippen molar-refractivity contribution < 1.29 is 0 Å². The first-order valence-corrected chi connectivity index (χ1v) is 22.0. The summed E-state index contributed by atoms with van der Waals surface area (Å²) in [4.78, 5) is 0. The summed E-state index contributed by atoms with van der Waals surface area (Å²) in [5.74, 6) is 0. The Kier molecular flexibility index (Phi) is 7.36. The van der Waals surface area contributed by atoms with Crippen molar-refractivity contribution in [2.75, 3.05) is 0 Å². The fraction of sp³-hybridized carbons (Fsp3) is 0. The molecule has 0 aliphatic rings. The van der Waals surface area contributed by atoms with Gasteiger partial charge in [0.15, 0.2) is 0 Å². The van der Waals surface area contributed by atoms with Gasteiger partial charge in [0.25, 0.3) is 0 Å². The maximum atomic E-state index is 2.49. The second-order valence-electron chi connectivity index (χ2n) is 16.9. The number of fused-ring (bicyclic) bond motifs is 12. The second-order valence-corrected chi connectivity index (χ2v) is 16.9. The lowest BCUT2D eigenvalue weighted by molar-refractivity contribution is 1.09. The van der Waals surface area contributed by atoms with E-state index in [1.165, 1.54) is 92.8 Å². The highest BCUT2D eigenvalue weighted by Crippen LogP contribution is 2.44. The molecule has 0 N–H and O–H groups in total. The van der Waals surface area contributed by atoms with E-state index in [0.29, 0.717) is 0 Å². The van der Waals surface area contributed by atoms with Crippen LogP contribution in [-0.4, -0.2) is 18.3 Å². The van der Waals surface area contributed by atoms with Crippen molar-refractivity contribution in [1.82, 2.24) is 18.3 Å². The van der Waals surface area contributed by atoms with Crippen molar-refractivity contribution >= 4 is 87.2 Å². The van der Waals surface area contributed by atoms with Gasteiger partial charge in [-0.15, -0.1) is 0 Å². The zero-order valence-electron chi connectivity index (χ0n) is 34.7. The van der Waals surface area contributed by atoms with E-state index in [-0.39, 0.29) is 0 Å². The first kappa shape index (κ1) is 35.0. The molecular weight excluding hydrogens is 777 g/mol. The van der Waals surface area contributed by atoms with Crippen LogP contribution in [0, 0.1) is 0 Å². The van der Waals surface area contributed by atoms with Crippen LogP contribution in [0.15, 0.2) is 231 Å². The number of rotatable bonds is 5. The van der Waals surface area contributed by atoms with Crippen LogP contribution in [0.4, 0.5) is 0 Å². The van der Waals surface area contributed by atoms with Gasteiger partial charge in [-0.05, 0) is 102 Å². The lowest BCUT2D eigenvalue weighted by Gasteiger charge is -2.18. The minimum Gasteiger partial charge on any atom is -0.309 e. The Morgan fingerprint density at radius 3 is 0.922 bits per heavy atom. The SMILES string of the molecule is c1ccc(-n2c3ccccc3c3cc(-c4ccc5c(c4)c4cc(-n6c7ccccc7c7ccccc76)c(-n6c7ccccc7c7ccccc76)cc4n5-c4ccccc4)ccc32)cc1. The van der Waals surface area contributed by atoms with E-state index in [4.69, 9.17) is 0 Å². The predicted molar refractivity (Wildman–Crippen MR) is 269 cm³/mol. The summed E-state index contributed by atoms with van der Waals surface area (Å²) < 4.78 is 9.83. The monoisotopic (exact) mass is 814 g/mol. The zero-order valence-corrected chi connectivity index (χ0v) is 34.7. The molecule has 14 aromatic rings. The molecule has 298 valence electrons. The molecule has 0 bridgehead atoms. The van der Waals surface area contributed by atoms with Gasteiger partial charge >= 0.3 is 0 Å². The highest BCUT2D eigenvalue weighted by atomic mass is 15.1. The van der Waals surface area contributed by atoms with Gasteiger partial charge in [0.05, 0.1) is 55.5 Å². The van der Waals surface area contributed by atoms with E-state index in [9.17, 15) is 0 Å². The topological polar surface area (TPSA) is 19.7 Å². The van der Waals surface area contributed by atoms with Gasteiger partial charge in [-0.1, -0.05) is 140 Å². The van der Waals surface area contributed by atoms with Crippen LogP contribution in [-0.2, 0) is 0 Å². The summed E-state index contributed by atoms with van der Waals surface area (Å²) in [5, 5.41) is 9.86. The molecule has 0 atom stereocenters. The minimum absolute atomic E-state index is 1.12. The van der Waals surface area contributed by atoms with Gasteiger partial charge in [0.2, 0.25) is 0 Å². The van der Waals surface area contributed by atoms with Crippen molar-refractivity contribution in [3.63, 3.8) is 0 Å². The van der Waals surface area contributed by atoms with Crippen LogP contribution in [0.25, 0.3) is 121 Å². The first-order chi connectivity index (χ1) is 31.8. The van der Waals surface area contributed by atoms with Gasteiger partial charge in [-0.2, -0.15) is 0 Å². The summed E-state index contributed by atoms with van der Waals surface area (Å²) >= 11 is 0. The van der Waals surface area contributed by atoms with Crippen molar-refractivity contribution in [2.45, 2.75) is 0 Å².